The molecule has 2 aliphatic heterocycles. The van der Waals surface area contributed by atoms with Gasteiger partial charge in [-0.05, 0) is 66.7 Å². The number of amides is 1. The molecule has 0 spiro atoms. The van der Waals surface area contributed by atoms with Crippen molar-refractivity contribution >= 4 is 12.1 Å². The van der Waals surface area contributed by atoms with Crippen LogP contribution in [0.3, 0.4) is 0 Å². The quantitative estimate of drug-likeness (QED) is 0.339. The van der Waals surface area contributed by atoms with Crippen LogP contribution in [0.15, 0.2) is 17.1 Å². The Bertz CT molecular complexity index is 510. The molecule has 6 nitrogen and oxygen atoms in total. The molecule has 2 heterocycles. The molecule has 2 N–H and O–H groups in total. The van der Waals surface area contributed by atoms with E-state index in [2.05, 4.69) is 34.7 Å². The summed E-state index contributed by atoms with van der Waals surface area (Å²) >= 11 is 0. The molecule has 148 valence electrons. The third kappa shape index (κ3) is 5.92. The summed E-state index contributed by atoms with van der Waals surface area (Å²) in [6.07, 6.45) is 9.02. The van der Waals surface area contributed by atoms with Gasteiger partial charge in [-0.2, -0.15) is 0 Å². The van der Waals surface area contributed by atoms with Crippen LogP contribution >= 0.6 is 0 Å². The van der Waals surface area contributed by atoms with E-state index >= 15 is 0 Å². The minimum atomic E-state index is -0.441. The number of allylic oxidation sites excluding steroid dienone is 1. The first-order chi connectivity index (χ1) is 12.3. The molecule has 26 heavy (non-hydrogen) atoms. The summed E-state index contributed by atoms with van der Waals surface area (Å²) in [6.45, 7) is 11.5. The van der Waals surface area contributed by atoms with Crippen molar-refractivity contribution in [3.63, 3.8) is 0 Å². The zero-order valence-electron chi connectivity index (χ0n) is 17.0. The summed E-state index contributed by atoms with van der Waals surface area (Å²) in [5.41, 5.74) is -0.441. The van der Waals surface area contributed by atoms with Gasteiger partial charge in [0.05, 0.1) is 0 Å². The van der Waals surface area contributed by atoms with E-state index < -0.39 is 5.60 Å². The Morgan fingerprint density at radius 2 is 1.92 bits per heavy atom. The molecule has 1 amide bonds. The van der Waals surface area contributed by atoms with Crippen molar-refractivity contribution in [3.8, 4) is 0 Å². The first kappa shape index (κ1) is 20.6. The van der Waals surface area contributed by atoms with E-state index in [1.807, 2.05) is 32.6 Å². The molecular formula is C20H36N4O2. The van der Waals surface area contributed by atoms with Crippen molar-refractivity contribution in [2.45, 2.75) is 90.4 Å². The highest BCUT2D eigenvalue weighted by Gasteiger charge is 2.44. The minimum absolute atomic E-state index is 0.157. The van der Waals surface area contributed by atoms with Crippen LogP contribution in [0.1, 0.15) is 66.7 Å². The molecule has 2 rings (SSSR count). The second kappa shape index (κ2) is 9.28. The third-order valence-corrected chi connectivity index (χ3v) is 4.82. The lowest BCUT2D eigenvalue weighted by Crippen LogP contribution is -2.55. The Morgan fingerprint density at radius 1 is 1.27 bits per heavy atom. The monoisotopic (exact) mass is 364 g/mol. The molecule has 0 saturated carbocycles. The maximum Gasteiger partial charge on any atom is 0.410 e. The molecule has 6 heteroatoms. The number of nitrogens with one attached hydrogen (secondary N) is 2. The molecular weight excluding hydrogens is 328 g/mol. The number of hydrogen-bond acceptors (Lipinski definition) is 3. The van der Waals surface area contributed by atoms with Gasteiger partial charge in [0.1, 0.15) is 5.60 Å². The fraction of sp³-hybridized carbons (Fsp3) is 0.800. The average molecular weight is 365 g/mol. The van der Waals surface area contributed by atoms with E-state index in [9.17, 15) is 4.79 Å². The van der Waals surface area contributed by atoms with Crippen molar-refractivity contribution in [1.82, 2.24) is 15.5 Å². The van der Waals surface area contributed by atoms with Crippen molar-refractivity contribution in [3.05, 3.63) is 12.2 Å². The van der Waals surface area contributed by atoms with Gasteiger partial charge >= 0.3 is 6.09 Å². The van der Waals surface area contributed by atoms with Gasteiger partial charge in [-0.1, -0.05) is 12.2 Å². The standard InChI is InChI=1S/C20H36N4O2/c1-6-8-9-12-22-18(21-7-2)23-15-13-16-10-11-17(14-15)24(16)19(25)26-20(3,4)5/h6,8,15-17H,7,9-14H2,1-5H3,(H2,21,22,23)/b8-6+. The molecule has 0 aromatic rings. The summed E-state index contributed by atoms with van der Waals surface area (Å²) in [6, 6.07) is 0.893. The van der Waals surface area contributed by atoms with Gasteiger partial charge in [0, 0.05) is 31.2 Å². The lowest BCUT2D eigenvalue weighted by Gasteiger charge is -2.40. The second-order valence-electron chi connectivity index (χ2n) is 8.20. The molecule has 2 atom stereocenters. The first-order valence-electron chi connectivity index (χ1n) is 10.0. The summed E-state index contributed by atoms with van der Waals surface area (Å²) in [5, 5.41) is 6.91. The third-order valence-electron chi connectivity index (χ3n) is 4.82. The number of rotatable bonds is 5. The topological polar surface area (TPSA) is 66.0 Å². The predicted molar refractivity (Wildman–Crippen MR) is 106 cm³/mol. The maximum atomic E-state index is 12.5. The van der Waals surface area contributed by atoms with E-state index in [0.29, 0.717) is 6.04 Å². The molecule has 0 aliphatic carbocycles. The number of guanidine groups is 1. The van der Waals surface area contributed by atoms with Crippen LogP contribution in [-0.4, -0.2) is 53.8 Å². The van der Waals surface area contributed by atoms with Gasteiger partial charge in [0.15, 0.2) is 5.96 Å². The molecule has 2 unspecified atom stereocenters. The normalized spacial score (nSPS) is 26.3. The number of piperidine rings is 1. The van der Waals surface area contributed by atoms with E-state index in [1.165, 1.54) is 0 Å². The van der Waals surface area contributed by atoms with Crippen molar-refractivity contribution in [1.29, 1.82) is 0 Å². The van der Waals surface area contributed by atoms with E-state index in [4.69, 9.17) is 4.74 Å². The summed E-state index contributed by atoms with van der Waals surface area (Å²) in [5.74, 6) is 0.882. The molecule has 2 saturated heterocycles. The van der Waals surface area contributed by atoms with E-state index in [1.54, 1.807) is 0 Å². The average Bonchev–Trinajstić information content (AvgIpc) is 2.82. The molecule has 0 aromatic heterocycles. The fourth-order valence-electron chi connectivity index (χ4n) is 3.84. The SMILES string of the molecule is C/C=C/CCN=C(NCC)NC1CC2CCC(C1)N2C(=O)OC(C)(C)C. The van der Waals surface area contributed by atoms with E-state index in [0.717, 1.165) is 51.2 Å². The highest BCUT2D eigenvalue weighted by Crippen LogP contribution is 2.36. The zero-order valence-corrected chi connectivity index (χ0v) is 17.0. The van der Waals surface area contributed by atoms with E-state index in [-0.39, 0.29) is 18.2 Å². The molecule has 2 fully saturated rings. The zero-order chi connectivity index (χ0) is 19.2. The number of ether oxygens (including phenoxy) is 1. The maximum absolute atomic E-state index is 12.5. The van der Waals surface area contributed by atoms with Gasteiger partial charge in [0.2, 0.25) is 0 Å². The second-order valence-corrected chi connectivity index (χ2v) is 8.20. The van der Waals surface area contributed by atoms with Crippen LogP contribution in [0.2, 0.25) is 0 Å². The summed E-state index contributed by atoms with van der Waals surface area (Å²) in [7, 11) is 0. The van der Waals surface area contributed by atoms with Crippen molar-refractivity contribution in [2.24, 2.45) is 4.99 Å². The number of carbonyl (C=O) groups excluding carboxylic acids is 1. The number of carbonyl (C=O) groups is 1. The van der Waals surface area contributed by atoms with Crippen LogP contribution in [-0.2, 0) is 4.74 Å². The van der Waals surface area contributed by atoms with Gasteiger partial charge in [-0.3, -0.25) is 4.99 Å². The number of aliphatic imine (C=N–C) groups is 1. The Kier molecular flexibility index (Phi) is 7.35. The van der Waals surface area contributed by atoms with Crippen LogP contribution in [0, 0.1) is 0 Å². The van der Waals surface area contributed by atoms with Crippen LogP contribution in [0.25, 0.3) is 0 Å². The Labute approximate surface area is 158 Å². The highest BCUT2D eigenvalue weighted by atomic mass is 16.6. The smallest absolute Gasteiger partial charge is 0.410 e. The van der Waals surface area contributed by atoms with Crippen LogP contribution in [0.5, 0.6) is 0 Å². The Balaban J connectivity index is 1.93. The highest BCUT2D eigenvalue weighted by molar-refractivity contribution is 5.80. The number of nitrogens with zero attached hydrogens (tertiary/aromatic N) is 2. The van der Waals surface area contributed by atoms with Gasteiger partial charge in [-0.15, -0.1) is 0 Å². The summed E-state index contributed by atoms with van der Waals surface area (Å²) in [4.78, 5) is 19.2. The van der Waals surface area contributed by atoms with Crippen molar-refractivity contribution in [2.75, 3.05) is 13.1 Å². The predicted octanol–water partition coefficient (Wildman–Crippen LogP) is 3.44. The number of fused-ring (bicyclic) bond motifs is 2. The van der Waals surface area contributed by atoms with Crippen molar-refractivity contribution < 1.29 is 9.53 Å². The summed E-state index contributed by atoms with van der Waals surface area (Å²) < 4.78 is 5.61. The lowest BCUT2D eigenvalue weighted by molar-refractivity contribution is 0.00545. The largest absolute Gasteiger partial charge is 0.444 e. The fourth-order valence-corrected chi connectivity index (χ4v) is 3.84. The Morgan fingerprint density at radius 3 is 2.46 bits per heavy atom. The molecule has 0 radical (unpaired) electrons. The van der Waals surface area contributed by atoms with Crippen LogP contribution < -0.4 is 10.6 Å². The number of hydrogen-bond donors (Lipinski definition) is 2. The molecule has 2 aliphatic rings. The minimum Gasteiger partial charge on any atom is -0.444 e. The lowest BCUT2D eigenvalue weighted by atomic mass is 9.98. The molecule has 2 bridgehead atoms. The first-order valence-corrected chi connectivity index (χ1v) is 10.0. The van der Waals surface area contributed by atoms with Gasteiger partial charge in [0.25, 0.3) is 0 Å². The Hall–Kier alpha value is -1.72. The molecule has 0 aromatic carbocycles. The van der Waals surface area contributed by atoms with Gasteiger partial charge < -0.3 is 20.3 Å². The van der Waals surface area contributed by atoms with Gasteiger partial charge in [-0.25, -0.2) is 4.79 Å². The van der Waals surface area contributed by atoms with Crippen LogP contribution in [0.4, 0.5) is 4.79 Å².